The van der Waals surface area contributed by atoms with Crippen molar-refractivity contribution in [2.24, 2.45) is 0 Å². The first-order chi connectivity index (χ1) is 6.47. The molecule has 1 amide bonds. The summed E-state index contributed by atoms with van der Waals surface area (Å²) in [7, 11) is 1.26. The Morgan fingerprint density at radius 3 is 1.86 bits per heavy atom. The molecule has 7 nitrogen and oxygen atoms in total. The van der Waals surface area contributed by atoms with Crippen LogP contribution in [0.4, 0.5) is 0 Å². The third-order valence-corrected chi connectivity index (χ3v) is 1.27. The van der Waals surface area contributed by atoms with Crippen LogP contribution in [-0.2, 0) is 19.1 Å². The Labute approximate surface area is 79.9 Å². The minimum atomic E-state index is -1.27. The SMILES string of the molecule is COCC(=O)N(CC(=O)O)CC(=O)O. The molecule has 2 N–H and O–H groups in total. The average molecular weight is 205 g/mol. The van der Waals surface area contributed by atoms with Gasteiger partial charge in [0, 0.05) is 7.11 Å². The summed E-state index contributed by atoms with van der Waals surface area (Å²) in [5.74, 6) is -3.20. The van der Waals surface area contributed by atoms with E-state index in [-0.39, 0.29) is 6.61 Å². The zero-order valence-electron chi connectivity index (χ0n) is 7.60. The second-order valence-corrected chi connectivity index (χ2v) is 2.47. The molecule has 0 spiro atoms. The van der Waals surface area contributed by atoms with Gasteiger partial charge in [-0.3, -0.25) is 14.4 Å². The van der Waals surface area contributed by atoms with Crippen LogP contribution >= 0.6 is 0 Å². The van der Waals surface area contributed by atoms with Crippen molar-refractivity contribution in [2.45, 2.75) is 0 Å². The molecule has 7 heteroatoms. The van der Waals surface area contributed by atoms with Crippen LogP contribution in [0.5, 0.6) is 0 Å². The highest BCUT2D eigenvalue weighted by molar-refractivity contribution is 5.85. The Bertz CT molecular complexity index is 222. The molecule has 0 rings (SSSR count). The van der Waals surface area contributed by atoms with Gasteiger partial charge in [0.15, 0.2) is 0 Å². The van der Waals surface area contributed by atoms with E-state index < -0.39 is 30.9 Å². The molecule has 80 valence electrons. The number of hydrogen-bond acceptors (Lipinski definition) is 4. The van der Waals surface area contributed by atoms with E-state index in [1.807, 2.05) is 0 Å². The van der Waals surface area contributed by atoms with Crippen molar-refractivity contribution in [3.63, 3.8) is 0 Å². The van der Waals surface area contributed by atoms with Gasteiger partial charge in [0.1, 0.15) is 19.7 Å². The first-order valence-corrected chi connectivity index (χ1v) is 3.67. The second kappa shape index (κ2) is 5.92. The van der Waals surface area contributed by atoms with Crippen LogP contribution in [0.15, 0.2) is 0 Å². The molecule has 0 atom stereocenters. The summed E-state index contributed by atoms with van der Waals surface area (Å²) in [6.45, 7) is -1.62. The minimum Gasteiger partial charge on any atom is -0.480 e. The van der Waals surface area contributed by atoms with E-state index in [9.17, 15) is 14.4 Å². The maximum atomic E-state index is 11.1. The molecule has 0 aromatic heterocycles. The maximum absolute atomic E-state index is 11.1. The molecular weight excluding hydrogens is 194 g/mol. The molecule has 0 fully saturated rings. The van der Waals surface area contributed by atoms with E-state index in [1.165, 1.54) is 7.11 Å². The molecule has 0 aromatic rings. The smallest absolute Gasteiger partial charge is 0.323 e. The molecule has 14 heavy (non-hydrogen) atoms. The van der Waals surface area contributed by atoms with Crippen molar-refractivity contribution in [1.29, 1.82) is 0 Å². The Morgan fingerprint density at radius 2 is 1.57 bits per heavy atom. The maximum Gasteiger partial charge on any atom is 0.323 e. The van der Waals surface area contributed by atoms with Crippen molar-refractivity contribution in [3.8, 4) is 0 Å². The summed E-state index contributed by atoms with van der Waals surface area (Å²) in [6.07, 6.45) is 0. The minimum absolute atomic E-state index is 0.333. The molecule has 0 aliphatic carbocycles. The molecule has 0 saturated heterocycles. The van der Waals surface area contributed by atoms with Gasteiger partial charge in [0.05, 0.1) is 0 Å². The highest BCUT2D eigenvalue weighted by atomic mass is 16.5. The lowest BCUT2D eigenvalue weighted by Gasteiger charge is -2.17. The monoisotopic (exact) mass is 205 g/mol. The highest BCUT2D eigenvalue weighted by Gasteiger charge is 2.18. The van der Waals surface area contributed by atoms with Gasteiger partial charge in [-0.1, -0.05) is 0 Å². The van der Waals surface area contributed by atoms with Gasteiger partial charge in [-0.15, -0.1) is 0 Å². The van der Waals surface area contributed by atoms with Gasteiger partial charge in [-0.05, 0) is 0 Å². The van der Waals surface area contributed by atoms with Gasteiger partial charge in [0.2, 0.25) is 5.91 Å². The number of amides is 1. The fourth-order valence-electron chi connectivity index (χ4n) is 0.774. The number of methoxy groups -OCH3 is 1. The molecule has 0 aromatic carbocycles. The summed E-state index contributed by atoms with van der Waals surface area (Å²) < 4.78 is 4.47. The van der Waals surface area contributed by atoms with Crippen molar-refractivity contribution >= 4 is 17.8 Å². The number of carbonyl (C=O) groups is 3. The molecule has 0 heterocycles. The van der Waals surface area contributed by atoms with Gasteiger partial charge >= 0.3 is 11.9 Å². The molecule has 0 bridgehead atoms. The summed E-state index contributed by atoms with van der Waals surface area (Å²) >= 11 is 0. The third-order valence-electron chi connectivity index (χ3n) is 1.27. The van der Waals surface area contributed by atoms with E-state index >= 15 is 0 Å². The second-order valence-electron chi connectivity index (χ2n) is 2.47. The molecule has 0 aliphatic rings. The van der Waals surface area contributed by atoms with E-state index in [0.717, 1.165) is 0 Å². The Balaban J connectivity index is 4.29. The van der Waals surface area contributed by atoms with E-state index in [2.05, 4.69) is 4.74 Å². The predicted molar refractivity (Wildman–Crippen MR) is 43.7 cm³/mol. The standard InChI is InChI=1S/C7H11NO6/c1-14-4-5(9)8(2-6(10)11)3-7(12)13/h2-4H2,1H3,(H,10,11)(H,12,13). The Morgan fingerprint density at radius 1 is 1.14 bits per heavy atom. The molecular formula is C7H11NO6. The topological polar surface area (TPSA) is 104 Å². The molecule has 0 unspecified atom stereocenters. The molecule has 0 radical (unpaired) electrons. The first-order valence-electron chi connectivity index (χ1n) is 3.67. The van der Waals surface area contributed by atoms with Crippen molar-refractivity contribution in [2.75, 3.05) is 26.8 Å². The van der Waals surface area contributed by atoms with Crippen molar-refractivity contribution < 1.29 is 29.3 Å². The van der Waals surface area contributed by atoms with Crippen LogP contribution in [0.1, 0.15) is 0 Å². The number of aliphatic carboxylic acids is 2. The third kappa shape index (κ3) is 5.09. The number of carboxylic acids is 2. The Kier molecular flexibility index (Phi) is 5.23. The quantitative estimate of drug-likeness (QED) is 0.554. The predicted octanol–water partition coefficient (Wildman–Crippen LogP) is -1.37. The lowest BCUT2D eigenvalue weighted by atomic mass is 10.4. The van der Waals surface area contributed by atoms with Crippen LogP contribution < -0.4 is 0 Å². The van der Waals surface area contributed by atoms with Crippen LogP contribution in [-0.4, -0.2) is 59.8 Å². The number of rotatable bonds is 6. The number of hydrogen-bond donors (Lipinski definition) is 2. The van der Waals surface area contributed by atoms with Crippen LogP contribution in [0, 0.1) is 0 Å². The summed E-state index contributed by atoms with van der Waals surface area (Å²) in [4.78, 5) is 32.3. The fourth-order valence-corrected chi connectivity index (χ4v) is 0.774. The van der Waals surface area contributed by atoms with Crippen LogP contribution in [0.25, 0.3) is 0 Å². The van der Waals surface area contributed by atoms with Gasteiger partial charge < -0.3 is 19.8 Å². The van der Waals surface area contributed by atoms with Crippen molar-refractivity contribution in [3.05, 3.63) is 0 Å². The molecule has 0 aliphatic heterocycles. The first kappa shape index (κ1) is 12.4. The number of nitrogens with zero attached hydrogens (tertiary/aromatic N) is 1. The lowest BCUT2D eigenvalue weighted by molar-refractivity contribution is -0.150. The number of carboxylic acid groups (broad SMARTS) is 2. The molecule has 0 saturated carbocycles. The summed E-state index contributed by atoms with van der Waals surface area (Å²) in [5.41, 5.74) is 0. The average Bonchev–Trinajstić information content (AvgIpc) is 2.01. The van der Waals surface area contributed by atoms with E-state index in [4.69, 9.17) is 10.2 Å². The van der Waals surface area contributed by atoms with Gasteiger partial charge in [-0.2, -0.15) is 0 Å². The van der Waals surface area contributed by atoms with Gasteiger partial charge in [0.25, 0.3) is 0 Å². The summed E-state index contributed by atoms with van der Waals surface area (Å²) in [6, 6.07) is 0. The van der Waals surface area contributed by atoms with Crippen molar-refractivity contribution in [1.82, 2.24) is 4.90 Å². The summed E-state index contributed by atoms with van der Waals surface area (Å²) in [5, 5.41) is 16.8. The van der Waals surface area contributed by atoms with E-state index in [0.29, 0.717) is 4.90 Å². The largest absolute Gasteiger partial charge is 0.480 e. The number of carbonyl (C=O) groups excluding carboxylic acids is 1. The zero-order valence-corrected chi connectivity index (χ0v) is 7.60. The lowest BCUT2D eigenvalue weighted by Crippen LogP contribution is -2.41. The van der Waals surface area contributed by atoms with Crippen LogP contribution in [0.3, 0.4) is 0 Å². The Hall–Kier alpha value is -1.63. The fraction of sp³-hybridized carbons (Fsp3) is 0.571. The normalized spacial score (nSPS) is 9.50. The van der Waals surface area contributed by atoms with Gasteiger partial charge in [-0.25, -0.2) is 0 Å². The van der Waals surface area contributed by atoms with Crippen LogP contribution in [0.2, 0.25) is 0 Å². The zero-order chi connectivity index (χ0) is 11.1. The van der Waals surface area contributed by atoms with E-state index in [1.54, 1.807) is 0 Å². The highest BCUT2D eigenvalue weighted by Crippen LogP contribution is 1.91. The number of ether oxygens (including phenoxy) is 1.